The molecule has 1 fully saturated rings. The summed E-state index contributed by atoms with van der Waals surface area (Å²) in [6, 6.07) is 5.88. The van der Waals surface area contributed by atoms with Gasteiger partial charge in [0.2, 0.25) is 5.95 Å². The number of carbonyl (C=O) groups is 1. The molecule has 34 heavy (non-hydrogen) atoms. The fourth-order valence-electron chi connectivity index (χ4n) is 4.59. The lowest BCUT2D eigenvalue weighted by Crippen LogP contribution is -2.32. The molecule has 2 aromatic heterocycles. The van der Waals surface area contributed by atoms with Gasteiger partial charge < -0.3 is 19.7 Å². The van der Waals surface area contributed by atoms with Crippen molar-refractivity contribution in [2.24, 2.45) is 5.41 Å². The summed E-state index contributed by atoms with van der Waals surface area (Å²) < 4.78 is 7.66. The maximum absolute atomic E-state index is 12.6. The van der Waals surface area contributed by atoms with E-state index in [0.717, 1.165) is 35.1 Å². The molecule has 3 aromatic rings. The molecule has 5 rings (SSSR count). The molecule has 1 aromatic carbocycles. The molecule has 0 amide bonds. The highest BCUT2D eigenvalue weighted by atomic mass is 16.5. The summed E-state index contributed by atoms with van der Waals surface area (Å²) in [5, 5.41) is 12.8. The van der Waals surface area contributed by atoms with Crippen LogP contribution >= 0.6 is 0 Å². The van der Waals surface area contributed by atoms with Gasteiger partial charge in [0.1, 0.15) is 11.3 Å². The zero-order chi connectivity index (χ0) is 24.2. The fourth-order valence-corrected chi connectivity index (χ4v) is 4.59. The molecular weight excluding hydrogens is 432 g/mol. The Hall–Kier alpha value is -3.68. The molecule has 0 spiro atoms. The van der Waals surface area contributed by atoms with Crippen molar-refractivity contribution in [2.75, 3.05) is 12.4 Å². The second-order valence-corrected chi connectivity index (χ2v) is 10.2. The number of carboxylic acid groups (broad SMARTS) is 1. The Kier molecular flexibility index (Phi) is 5.19. The lowest BCUT2D eigenvalue weighted by molar-refractivity contribution is 0.0693. The number of anilines is 1. The van der Waals surface area contributed by atoms with E-state index in [1.165, 1.54) is 12.3 Å². The first-order valence-electron chi connectivity index (χ1n) is 11.5. The number of nitrogens with one attached hydrogen (secondary N) is 1. The van der Waals surface area contributed by atoms with Gasteiger partial charge in [-0.3, -0.25) is 4.79 Å². The van der Waals surface area contributed by atoms with Crippen LogP contribution in [0, 0.1) is 5.41 Å². The number of ether oxygens (including phenoxy) is 1. The first-order valence-corrected chi connectivity index (χ1v) is 11.5. The van der Waals surface area contributed by atoms with E-state index in [0.29, 0.717) is 29.9 Å². The average molecular weight is 461 g/mol. The van der Waals surface area contributed by atoms with E-state index in [2.05, 4.69) is 42.1 Å². The second kappa shape index (κ2) is 7.97. The normalized spacial score (nSPS) is 17.0. The molecule has 176 valence electrons. The van der Waals surface area contributed by atoms with E-state index in [1.807, 2.05) is 10.6 Å². The number of methoxy groups -OCH3 is 1. The van der Waals surface area contributed by atoms with E-state index in [-0.39, 0.29) is 17.0 Å². The van der Waals surface area contributed by atoms with E-state index >= 15 is 0 Å². The maximum atomic E-state index is 12.6. The highest BCUT2D eigenvalue weighted by molar-refractivity contribution is 5.88. The summed E-state index contributed by atoms with van der Waals surface area (Å²) in [5.74, 6) is 0.0468. The quantitative estimate of drug-likeness (QED) is 0.581. The van der Waals surface area contributed by atoms with Crippen LogP contribution in [0.4, 0.5) is 5.95 Å². The molecule has 1 aliphatic carbocycles. The summed E-state index contributed by atoms with van der Waals surface area (Å²) in [5.41, 5.74) is 3.46. The summed E-state index contributed by atoms with van der Waals surface area (Å²) in [4.78, 5) is 33.2. The first kappa shape index (κ1) is 22.1. The van der Waals surface area contributed by atoms with Crippen LogP contribution in [0.1, 0.15) is 55.6 Å². The predicted molar refractivity (Wildman–Crippen MR) is 130 cm³/mol. The Labute approximate surface area is 197 Å². The third-order valence-corrected chi connectivity index (χ3v) is 6.63. The third kappa shape index (κ3) is 3.93. The van der Waals surface area contributed by atoms with Crippen molar-refractivity contribution in [1.82, 2.24) is 14.5 Å². The zero-order valence-electron chi connectivity index (χ0n) is 19.8. The highest BCUT2D eigenvalue weighted by Crippen LogP contribution is 2.45. The molecule has 0 radical (unpaired) electrons. The van der Waals surface area contributed by atoms with E-state index in [1.54, 1.807) is 19.5 Å². The van der Waals surface area contributed by atoms with Crippen molar-refractivity contribution in [1.29, 1.82) is 0 Å². The number of pyridine rings is 1. The smallest absolute Gasteiger partial charge is 0.341 e. The number of aromatic nitrogens is 3. The molecule has 2 N–H and O–H groups in total. The van der Waals surface area contributed by atoms with Crippen LogP contribution in [0.25, 0.3) is 22.4 Å². The van der Waals surface area contributed by atoms with Gasteiger partial charge >= 0.3 is 5.97 Å². The molecule has 8 heteroatoms. The van der Waals surface area contributed by atoms with Crippen molar-refractivity contribution in [3.05, 3.63) is 58.1 Å². The Bertz CT molecular complexity index is 1330. The minimum absolute atomic E-state index is 0.0312. The largest absolute Gasteiger partial charge is 0.496 e. The fraction of sp³-hybridized carbons (Fsp3) is 0.385. The van der Waals surface area contributed by atoms with Gasteiger partial charge in [0, 0.05) is 53.4 Å². The first-order chi connectivity index (χ1) is 16.2. The van der Waals surface area contributed by atoms with Crippen LogP contribution in [-0.4, -0.2) is 38.8 Å². The number of aromatic carboxylic acids is 1. The highest BCUT2D eigenvalue weighted by Gasteiger charge is 2.34. The van der Waals surface area contributed by atoms with Crippen molar-refractivity contribution in [2.45, 2.75) is 52.1 Å². The summed E-state index contributed by atoms with van der Waals surface area (Å²) in [7, 11) is 1.61. The van der Waals surface area contributed by atoms with E-state index in [9.17, 15) is 14.7 Å². The van der Waals surface area contributed by atoms with Crippen molar-refractivity contribution in [3.63, 3.8) is 0 Å². The van der Waals surface area contributed by atoms with Crippen LogP contribution in [0.3, 0.4) is 0 Å². The van der Waals surface area contributed by atoms with Gasteiger partial charge in [-0.15, -0.1) is 0 Å². The Balaban J connectivity index is 1.65. The molecule has 1 aliphatic heterocycles. The monoisotopic (exact) mass is 460 g/mol. The van der Waals surface area contributed by atoms with Gasteiger partial charge in [-0.1, -0.05) is 20.8 Å². The molecule has 0 saturated heterocycles. The molecule has 0 bridgehead atoms. The Morgan fingerprint density at radius 2 is 1.85 bits per heavy atom. The number of hydrogen-bond acceptors (Lipinski definition) is 6. The Morgan fingerprint density at radius 1 is 1.15 bits per heavy atom. The van der Waals surface area contributed by atoms with Crippen LogP contribution < -0.4 is 15.5 Å². The van der Waals surface area contributed by atoms with Gasteiger partial charge in [-0.25, -0.2) is 14.8 Å². The number of fused-ring (bicyclic) bond motifs is 3. The van der Waals surface area contributed by atoms with Crippen LogP contribution in [-0.2, 0) is 6.42 Å². The van der Waals surface area contributed by atoms with Gasteiger partial charge in [0.25, 0.3) is 0 Å². The molecule has 3 heterocycles. The third-order valence-electron chi connectivity index (χ3n) is 6.63. The number of hydrogen-bond donors (Lipinski definition) is 2. The summed E-state index contributed by atoms with van der Waals surface area (Å²) in [6.45, 7) is 6.36. The van der Waals surface area contributed by atoms with Gasteiger partial charge in [0.05, 0.1) is 12.8 Å². The lowest BCUT2D eigenvalue weighted by Gasteiger charge is -2.39. The number of benzene rings is 1. The molecule has 2 aliphatic rings. The van der Waals surface area contributed by atoms with Gasteiger partial charge in [-0.05, 0) is 42.4 Å². The van der Waals surface area contributed by atoms with Crippen LogP contribution in [0.15, 0.2) is 41.6 Å². The summed E-state index contributed by atoms with van der Waals surface area (Å²) in [6.07, 6.45) is 8.06. The molecule has 8 nitrogen and oxygen atoms in total. The van der Waals surface area contributed by atoms with E-state index < -0.39 is 11.4 Å². The number of nitrogens with zero attached hydrogens (tertiary/aromatic N) is 3. The minimum Gasteiger partial charge on any atom is -0.496 e. The number of rotatable bonds is 5. The van der Waals surface area contributed by atoms with Gasteiger partial charge in [-0.2, -0.15) is 0 Å². The predicted octanol–water partition coefficient (Wildman–Crippen LogP) is 4.40. The molecule has 1 saturated carbocycles. The zero-order valence-corrected chi connectivity index (χ0v) is 19.8. The van der Waals surface area contributed by atoms with Crippen molar-refractivity contribution >= 4 is 11.9 Å². The Morgan fingerprint density at radius 3 is 2.44 bits per heavy atom. The van der Waals surface area contributed by atoms with E-state index in [4.69, 9.17) is 4.74 Å². The average Bonchev–Trinajstić information content (AvgIpc) is 3.61. The van der Waals surface area contributed by atoms with Crippen LogP contribution in [0.5, 0.6) is 5.75 Å². The minimum atomic E-state index is -1.22. The lowest BCUT2D eigenvalue weighted by atomic mass is 9.78. The van der Waals surface area contributed by atoms with Gasteiger partial charge in [0.15, 0.2) is 5.43 Å². The molecule has 1 atom stereocenters. The second-order valence-electron chi connectivity index (χ2n) is 10.2. The topological polar surface area (TPSA) is 106 Å². The number of carboxylic acids is 1. The maximum Gasteiger partial charge on any atom is 0.341 e. The molecule has 1 unspecified atom stereocenters. The standard InChI is InChI=1S/C26H28N4O4/c1-26(2,3)23-8-14-7-18(15-11-27-25(28-12-15)29-16-5-6-16)22(34-4)9-17(14)20-10-21(31)19(24(32)33)13-30(20)23/h7,9-13,16,23H,5-6,8H2,1-4H3,(H,32,33)(H,27,28,29). The SMILES string of the molecule is COc1cc2c(cc1-c1cnc(NC3CC3)nc1)CC(C(C)(C)C)n1cc(C(=O)O)c(=O)cc1-2. The van der Waals surface area contributed by atoms with Crippen LogP contribution in [0.2, 0.25) is 0 Å². The van der Waals surface area contributed by atoms with Crippen molar-refractivity contribution < 1.29 is 14.6 Å². The summed E-state index contributed by atoms with van der Waals surface area (Å²) >= 11 is 0. The van der Waals surface area contributed by atoms with Crippen molar-refractivity contribution in [3.8, 4) is 28.1 Å². The molecular formula is C26H28N4O4.